The van der Waals surface area contributed by atoms with Gasteiger partial charge in [0.05, 0.1) is 12.2 Å². The van der Waals surface area contributed by atoms with Crippen molar-refractivity contribution in [2.75, 3.05) is 39.3 Å². The van der Waals surface area contributed by atoms with Gasteiger partial charge < -0.3 is 9.64 Å². The van der Waals surface area contributed by atoms with Gasteiger partial charge in [0.1, 0.15) is 5.75 Å². The molecule has 3 aliphatic heterocycles. The van der Waals surface area contributed by atoms with Crippen LogP contribution in [-0.2, 0) is 6.18 Å². The van der Waals surface area contributed by atoms with E-state index >= 15 is 0 Å². The molecule has 0 spiro atoms. The molecule has 0 aromatic heterocycles. The predicted octanol–water partition coefficient (Wildman–Crippen LogP) is 6.24. The summed E-state index contributed by atoms with van der Waals surface area (Å²) in [4.78, 5) is 4.96. The van der Waals surface area contributed by atoms with Crippen LogP contribution in [0.2, 0.25) is 0 Å². The Kier molecular flexibility index (Phi) is 6.66. The lowest BCUT2D eigenvalue weighted by molar-refractivity contribution is -0.137. The Morgan fingerprint density at radius 1 is 0.909 bits per heavy atom. The average molecular weight is 459 g/mol. The Morgan fingerprint density at radius 3 is 2.58 bits per heavy atom. The van der Waals surface area contributed by atoms with Gasteiger partial charge in [0, 0.05) is 25.0 Å². The standard InChI is InChI=1S/C27H33F3N2O/c28-27(29,30)21-8-4-7-20(17-21)25-19-32-15-5-9-26(32)24-18-22(10-11-23(24)25)33-16-6-14-31-12-2-1-3-13-31/h4,7-8,10-11,17-18,25-26H,1-3,5-6,9,12-16,19H2/t25-,26-/m0/s1. The molecule has 0 amide bonds. The van der Waals surface area contributed by atoms with Gasteiger partial charge in [-0.25, -0.2) is 0 Å². The molecule has 3 aliphatic rings. The Labute approximate surface area is 194 Å². The highest BCUT2D eigenvalue weighted by atomic mass is 19.4. The molecule has 0 aliphatic carbocycles. The molecule has 2 saturated heterocycles. The van der Waals surface area contributed by atoms with E-state index in [9.17, 15) is 13.2 Å². The lowest BCUT2D eigenvalue weighted by atomic mass is 9.81. The van der Waals surface area contributed by atoms with E-state index in [1.165, 1.54) is 50.0 Å². The number of likely N-dealkylation sites (tertiary alicyclic amines) is 1. The first kappa shape index (κ1) is 22.7. The van der Waals surface area contributed by atoms with Crippen LogP contribution in [0.25, 0.3) is 0 Å². The quantitative estimate of drug-likeness (QED) is 0.477. The first-order valence-electron chi connectivity index (χ1n) is 12.4. The fourth-order valence-corrected chi connectivity index (χ4v) is 5.86. The van der Waals surface area contributed by atoms with Crippen LogP contribution in [0.4, 0.5) is 13.2 Å². The number of fused-ring (bicyclic) bond motifs is 3. The van der Waals surface area contributed by atoms with Crippen molar-refractivity contribution < 1.29 is 17.9 Å². The van der Waals surface area contributed by atoms with E-state index in [4.69, 9.17) is 4.74 Å². The first-order chi connectivity index (χ1) is 16.0. The third-order valence-corrected chi connectivity index (χ3v) is 7.53. The number of alkyl halides is 3. The minimum atomic E-state index is -4.32. The molecule has 0 unspecified atom stereocenters. The summed E-state index contributed by atoms with van der Waals surface area (Å²) in [5.41, 5.74) is 2.55. The summed E-state index contributed by atoms with van der Waals surface area (Å²) in [6.45, 7) is 5.95. The molecule has 2 fully saturated rings. The van der Waals surface area contributed by atoms with Crippen LogP contribution in [0.3, 0.4) is 0 Å². The van der Waals surface area contributed by atoms with Gasteiger partial charge in [-0.2, -0.15) is 13.2 Å². The normalized spacial score (nSPS) is 23.8. The summed E-state index contributed by atoms with van der Waals surface area (Å²) < 4.78 is 46.1. The van der Waals surface area contributed by atoms with Gasteiger partial charge in [-0.05, 0) is 86.6 Å². The number of benzene rings is 2. The first-order valence-corrected chi connectivity index (χ1v) is 12.4. The molecule has 5 rings (SSSR count). The van der Waals surface area contributed by atoms with Gasteiger partial charge in [0.15, 0.2) is 0 Å². The van der Waals surface area contributed by atoms with Gasteiger partial charge in [-0.1, -0.05) is 30.7 Å². The molecule has 3 nitrogen and oxygen atoms in total. The average Bonchev–Trinajstić information content (AvgIpc) is 3.31. The van der Waals surface area contributed by atoms with Gasteiger partial charge in [0.2, 0.25) is 0 Å². The van der Waals surface area contributed by atoms with E-state index in [1.807, 2.05) is 12.1 Å². The van der Waals surface area contributed by atoms with Gasteiger partial charge in [-0.15, -0.1) is 0 Å². The number of piperidine rings is 1. The molecule has 0 saturated carbocycles. The van der Waals surface area contributed by atoms with E-state index in [1.54, 1.807) is 0 Å². The Balaban J connectivity index is 1.33. The number of ether oxygens (including phenoxy) is 1. The molecule has 2 atom stereocenters. The zero-order chi connectivity index (χ0) is 22.8. The highest BCUT2D eigenvalue weighted by Gasteiger charge is 2.38. The van der Waals surface area contributed by atoms with Crippen LogP contribution in [-0.4, -0.2) is 49.1 Å². The molecule has 0 bridgehead atoms. The maximum absolute atomic E-state index is 13.3. The van der Waals surface area contributed by atoms with Crippen LogP contribution in [0.5, 0.6) is 5.75 Å². The van der Waals surface area contributed by atoms with E-state index < -0.39 is 11.7 Å². The van der Waals surface area contributed by atoms with E-state index in [0.717, 1.165) is 61.8 Å². The topological polar surface area (TPSA) is 15.7 Å². The Hall–Kier alpha value is -2.05. The second-order valence-corrected chi connectivity index (χ2v) is 9.72. The van der Waals surface area contributed by atoms with E-state index in [2.05, 4.69) is 21.9 Å². The van der Waals surface area contributed by atoms with Crippen molar-refractivity contribution in [1.29, 1.82) is 0 Å². The number of hydrogen-bond donors (Lipinski definition) is 0. The van der Waals surface area contributed by atoms with Gasteiger partial charge >= 0.3 is 6.18 Å². The van der Waals surface area contributed by atoms with Gasteiger partial charge in [-0.3, -0.25) is 4.90 Å². The molecule has 6 heteroatoms. The second kappa shape index (κ2) is 9.67. The second-order valence-electron chi connectivity index (χ2n) is 9.72. The largest absolute Gasteiger partial charge is 0.494 e. The zero-order valence-electron chi connectivity index (χ0n) is 19.1. The summed E-state index contributed by atoms with van der Waals surface area (Å²) in [5.74, 6) is 0.828. The number of nitrogens with zero attached hydrogens (tertiary/aromatic N) is 2. The lowest BCUT2D eigenvalue weighted by Gasteiger charge is -2.38. The molecular formula is C27H33F3N2O. The number of hydrogen-bond acceptors (Lipinski definition) is 3. The number of rotatable bonds is 6. The molecule has 33 heavy (non-hydrogen) atoms. The summed E-state index contributed by atoms with van der Waals surface area (Å²) in [7, 11) is 0. The Bertz CT molecular complexity index is 955. The van der Waals surface area contributed by atoms with Crippen molar-refractivity contribution in [1.82, 2.24) is 9.80 Å². The fourth-order valence-electron chi connectivity index (χ4n) is 5.86. The third kappa shape index (κ3) is 5.07. The predicted molar refractivity (Wildman–Crippen MR) is 124 cm³/mol. The van der Waals surface area contributed by atoms with Crippen molar-refractivity contribution in [3.8, 4) is 5.75 Å². The van der Waals surface area contributed by atoms with Crippen LogP contribution in [0.1, 0.15) is 72.7 Å². The molecule has 178 valence electrons. The third-order valence-electron chi connectivity index (χ3n) is 7.53. The minimum Gasteiger partial charge on any atom is -0.494 e. The molecule has 0 N–H and O–H groups in total. The number of halogens is 3. The highest BCUT2D eigenvalue weighted by Crippen LogP contribution is 2.46. The van der Waals surface area contributed by atoms with Crippen molar-refractivity contribution in [3.05, 3.63) is 64.7 Å². The van der Waals surface area contributed by atoms with Crippen molar-refractivity contribution >= 4 is 0 Å². The van der Waals surface area contributed by atoms with Crippen molar-refractivity contribution in [2.45, 2.75) is 56.7 Å². The molecule has 2 aromatic rings. The Morgan fingerprint density at radius 2 is 1.76 bits per heavy atom. The smallest absolute Gasteiger partial charge is 0.416 e. The van der Waals surface area contributed by atoms with Crippen LogP contribution < -0.4 is 4.74 Å². The fraction of sp³-hybridized carbons (Fsp3) is 0.556. The monoisotopic (exact) mass is 458 g/mol. The summed E-state index contributed by atoms with van der Waals surface area (Å²) in [6, 6.07) is 12.5. The van der Waals surface area contributed by atoms with Crippen LogP contribution in [0.15, 0.2) is 42.5 Å². The lowest BCUT2D eigenvalue weighted by Crippen LogP contribution is -2.34. The minimum absolute atomic E-state index is 0.0511. The molecule has 0 radical (unpaired) electrons. The highest BCUT2D eigenvalue weighted by molar-refractivity contribution is 5.47. The maximum Gasteiger partial charge on any atom is 0.416 e. The summed E-state index contributed by atoms with van der Waals surface area (Å²) in [6.07, 6.45) is 2.87. The SMILES string of the molecule is FC(F)(F)c1cccc([C@@H]2CN3CCC[C@H]3c3cc(OCCCN4CCCCC4)ccc32)c1. The molecular weight excluding hydrogens is 425 g/mol. The van der Waals surface area contributed by atoms with E-state index in [0.29, 0.717) is 12.6 Å². The van der Waals surface area contributed by atoms with Crippen LogP contribution >= 0.6 is 0 Å². The maximum atomic E-state index is 13.3. The zero-order valence-corrected chi connectivity index (χ0v) is 19.1. The summed E-state index contributed by atoms with van der Waals surface area (Å²) >= 11 is 0. The molecule has 2 aromatic carbocycles. The van der Waals surface area contributed by atoms with Gasteiger partial charge in [0.25, 0.3) is 0 Å². The summed E-state index contributed by atoms with van der Waals surface area (Å²) in [5, 5.41) is 0. The van der Waals surface area contributed by atoms with Crippen LogP contribution in [0, 0.1) is 0 Å². The van der Waals surface area contributed by atoms with E-state index in [-0.39, 0.29) is 5.92 Å². The van der Waals surface area contributed by atoms with Crippen molar-refractivity contribution in [2.24, 2.45) is 0 Å². The van der Waals surface area contributed by atoms with Crippen molar-refractivity contribution in [3.63, 3.8) is 0 Å². The molecule has 3 heterocycles.